The minimum Gasteiger partial charge on any atom is -0.468 e. The van der Waals surface area contributed by atoms with E-state index in [0.29, 0.717) is 12.8 Å². The minimum atomic E-state index is -1.56. The Bertz CT molecular complexity index is 661. The van der Waals surface area contributed by atoms with Crippen LogP contribution in [0.4, 0.5) is 0 Å². The number of carbonyl (C=O) groups excluding carboxylic acids is 3. The Kier molecular flexibility index (Phi) is 5.94. The Labute approximate surface area is 154 Å². The molecule has 0 aliphatic heterocycles. The molecule has 0 saturated heterocycles. The molecule has 0 N–H and O–H groups in total. The van der Waals surface area contributed by atoms with Crippen LogP contribution in [0.5, 0.6) is 0 Å². The predicted octanol–water partition coefficient (Wildman–Crippen LogP) is 2.98. The van der Waals surface area contributed by atoms with Gasteiger partial charge < -0.3 is 14.0 Å². The highest BCUT2D eigenvalue weighted by molar-refractivity contribution is 6.17. The van der Waals surface area contributed by atoms with Gasteiger partial charge in [-0.05, 0) is 25.0 Å². The SMILES string of the molecule is COC(=O)C(C(=O)OC)C(=O)C1(n2cccc2C(C)(C)C)CCCCC1. The highest BCUT2D eigenvalue weighted by Gasteiger charge is 2.51. The lowest BCUT2D eigenvalue weighted by Crippen LogP contribution is -2.52. The van der Waals surface area contributed by atoms with E-state index in [1.165, 1.54) is 14.2 Å². The molecule has 1 aliphatic rings. The smallest absolute Gasteiger partial charge is 0.327 e. The molecule has 0 spiro atoms. The first-order valence-corrected chi connectivity index (χ1v) is 9.07. The first-order valence-electron chi connectivity index (χ1n) is 9.07. The number of carbonyl (C=O) groups is 3. The largest absolute Gasteiger partial charge is 0.468 e. The number of Topliss-reactive ketones (excluding diaryl/α,β-unsaturated/α-hetero) is 1. The van der Waals surface area contributed by atoms with Gasteiger partial charge in [-0.25, -0.2) is 0 Å². The highest BCUT2D eigenvalue weighted by atomic mass is 16.5. The van der Waals surface area contributed by atoms with Crippen molar-refractivity contribution in [2.45, 2.75) is 63.8 Å². The highest BCUT2D eigenvalue weighted by Crippen LogP contribution is 2.41. The minimum absolute atomic E-state index is 0.180. The lowest BCUT2D eigenvalue weighted by Gasteiger charge is -2.41. The summed E-state index contributed by atoms with van der Waals surface area (Å²) in [5.74, 6) is -3.72. The van der Waals surface area contributed by atoms with Crippen molar-refractivity contribution in [1.82, 2.24) is 4.57 Å². The average molecular weight is 363 g/mol. The molecule has 26 heavy (non-hydrogen) atoms. The van der Waals surface area contributed by atoms with Gasteiger partial charge in [0.25, 0.3) is 0 Å². The van der Waals surface area contributed by atoms with Crippen molar-refractivity contribution >= 4 is 17.7 Å². The molecule has 2 rings (SSSR count). The van der Waals surface area contributed by atoms with Crippen LogP contribution in [0.25, 0.3) is 0 Å². The molecule has 1 fully saturated rings. The molecule has 1 aliphatic carbocycles. The summed E-state index contributed by atoms with van der Waals surface area (Å²) in [7, 11) is 2.35. The van der Waals surface area contributed by atoms with Crippen molar-refractivity contribution < 1.29 is 23.9 Å². The molecule has 1 saturated carbocycles. The topological polar surface area (TPSA) is 74.6 Å². The first-order chi connectivity index (χ1) is 12.2. The van der Waals surface area contributed by atoms with Crippen LogP contribution in [0, 0.1) is 5.92 Å². The molecule has 1 aromatic heterocycles. The van der Waals surface area contributed by atoms with E-state index in [0.717, 1.165) is 25.0 Å². The molecule has 0 unspecified atom stereocenters. The summed E-state index contributed by atoms with van der Waals surface area (Å²) in [5, 5.41) is 0. The second-order valence-electron chi connectivity index (χ2n) is 7.95. The monoisotopic (exact) mass is 363 g/mol. The van der Waals surface area contributed by atoms with Crippen LogP contribution < -0.4 is 0 Å². The van der Waals surface area contributed by atoms with Gasteiger partial charge >= 0.3 is 11.9 Å². The standard InChI is InChI=1S/C20H29NO5/c1-19(2,3)14-10-9-13-21(14)20(11-7-6-8-12-20)16(22)15(17(23)25-4)18(24)26-5/h9-10,13,15H,6-8,11-12H2,1-5H3. The zero-order valence-electron chi connectivity index (χ0n) is 16.3. The van der Waals surface area contributed by atoms with Crippen LogP contribution >= 0.6 is 0 Å². The van der Waals surface area contributed by atoms with Crippen LogP contribution in [0.1, 0.15) is 58.6 Å². The Balaban J connectivity index is 2.60. The quantitative estimate of drug-likeness (QED) is 0.594. The van der Waals surface area contributed by atoms with Gasteiger partial charge in [0, 0.05) is 17.3 Å². The van der Waals surface area contributed by atoms with Gasteiger partial charge in [0.15, 0.2) is 5.78 Å². The molecule has 0 aromatic carbocycles. The third-order valence-corrected chi connectivity index (χ3v) is 5.25. The number of hydrogen-bond donors (Lipinski definition) is 0. The fraction of sp³-hybridized carbons (Fsp3) is 0.650. The number of rotatable bonds is 5. The zero-order chi connectivity index (χ0) is 19.5. The van der Waals surface area contributed by atoms with Crippen LogP contribution in [0.2, 0.25) is 0 Å². The summed E-state index contributed by atoms with van der Waals surface area (Å²) in [6.45, 7) is 6.24. The van der Waals surface area contributed by atoms with Crippen molar-refractivity contribution in [3.8, 4) is 0 Å². The van der Waals surface area contributed by atoms with Crippen LogP contribution in [-0.4, -0.2) is 36.5 Å². The predicted molar refractivity (Wildman–Crippen MR) is 96.7 cm³/mol. The summed E-state index contributed by atoms with van der Waals surface area (Å²) in [4.78, 5) is 38.0. The molecule has 0 radical (unpaired) electrons. The molecule has 144 valence electrons. The van der Waals surface area contributed by atoms with E-state index in [1.54, 1.807) is 0 Å². The van der Waals surface area contributed by atoms with Crippen molar-refractivity contribution in [2.75, 3.05) is 14.2 Å². The molecule has 0 atom stereocenters. The van der Waals surface area contributed by atoms with Crippen molar-refractivity contribution in [3.05, 3.63) is 24.0 Å². The van der Waals surface area contributed by atoms with Gasteiger partial charge in [-0.3, -0.25) is 14.4 Å². The molecule has 6 nitrogen and oxygen atoms in total. The van der Waals surface area contributed by atoms with Gasteiger partial charge in [-0.2, -0.15) is 0 Å². The second-order valence-corrected chi connectivity index (χ2v) is 7.95. The lowest BCUT2D eigenvalue weighted by atomic mass is 9.73. The summed E-state index contributed by atoms with van der Waals surface area (Å²) in [6, 6.07) is 3.91. The normalized spacial score (nSPS) is 17.0. The van der Waals surface area contributed by atoms with E-state index in [-0.39, 0.29) is 5.41 Å². The zero-order valence-corrected chi connectivity index (χ0v) is 16.3. The van der Waals surface area contributed by atoms with E-state index in [4.69, 9.17) is 9.47 Å². The fourth-order valence-electron chi connectivity index (χ4n) is 3.92. The third kappa shape index (κ3) is 3.55. The number of esters is 2. The molecule has 0 amide bonds. The fourth-order valence-corrected chi connectivity index (χ4v) is 3.92. The summed E-state index contributed by atoms with van der Waals surface area (Å²) in [6.07, 6.45) is 5.82. The molecular weight excluding hydrogens is 334 g/mol. The molecule has 0 bridgehead atoms. The maximum Gasteiger partial charge on any atom is 0.327 e. The maximum atomic E-state index is 13.6. The van der Waals surface area contributed by atoms with E-state index in [9.17, 15) is 14.4 Å². The molecular formula is C20H29NO5. The Morgan fingerprint density at radius 1 is 1.04 bits per heavy atom. The van der Waals surface area contributed by atoms with Crippen molar-refractivity contribution in [2.24, 2.45) is 5.92 Å². The summed E-state index contributed by atoms with van der Waals surface area (Å²) >= 11 is 0. The summed E-state index contributed by atoms with van der Waals surface area (Å²) in [5.41, 5.74) is -0.112. The lowest BCUT2D eigenvalue weighted by molar-refractivity contribution is -0.164. The number of aromatic nitrogens is 1. The van der Waals surface area contributed by atoms with E-state index in [1.807, 2.05) is 22.9 Å². The Morgan fingerprint density at radius 2 is 1.58 bits per heavy atom. The number of methoxy groups -OCH3 is 2. The maximum absolute atomic E-state index is 13.6. The van der Waals surface area contributed by atoms with Crippen LogP contribution in [0.15, 0.2) is 18.3 Å². The molecule has 6 heteroatoms. The second kappa shape index (κ2) is 7.64. The first kappa shape index (κ1) is 20.2. The Hall–Kier alpha value is -2.11. The number of nitrogens with zero attached hydrogens (tertiary/aromatic N) is 1. The molecule has 1 aromatic rings. The van der Waals surface area contributed by atoms with Crippen LogP contribution in [-0.2, 0) is 34.8 Å². The number of hydrogen-bond acceptors (Lipinski definition) is 5. The third-order valence-electron chi connectivity index (χ3n) is 5.25. The van der Waals surface area contributed by atoms with Gasteiger partial charge in [0.1, 0.15) is 5.54 Å². The van der Waals surface area contributed by atoms with E-state index in [2.05, 4.69) is 20.8 Å². The van der Waals surface area contributed by atoms with Gasteiger partial charge in [-0.15, -0.1) is 0 Å². The number of ether oxygens (including phenoxy) is 2. The van der Waals surface area contributed by atoms with Gasteiger partial charge in [-0.1, -0.05) is 40.0 Å². The van der Waals surface area contributed by atoms with Gasteiger partial charge in [0.05, 0.1) is 14.2 Å². The average Bonchev–Trinajstić information content (AvgIpc) is 3.12. The molecule has 1 heterocycles. The van der Waals surface area contributed by atoms with Crippen LogP contribution in [0.3, 0.4) is 0 Å². The van der Waals surface area contributed by atoms with Gasteiger partial charge in [0.2, 0.25) is 5.92 Å². The Morgan fingerprint density at radius 3 is 2.04 bits per heavy atom. The van der Waals surface area contributed by atoms with Crippen molar-refractivity contribution in [1.29, 1.82) is 0 Å². The van der Waals surface area contributed by atoms with E-state index < -0.39 is 29.2 Å². The van der Waals surface area contributed by atoms with Crippen molar-refractivity contribution in [3.63, 3.8) is 0 Å². The van der Waals surface area contributed by atoms with E-state index >= 15 is 0 Å². The number of ketones is 1. The summed E-state index contributed by atoms with van der Waals surface area (Å²) < 4.78 is 11.5.